The Balaban J connectivity index is 1.18. The maximum absolute atomic E-state index is 4.84. The Morgan fingerprint density at radius 3 is 2.50 bits per heavy atom. The van der Waals surface area contributed by atoms with Crippen molar-refractivity contribution in [3.05, 3.63) is 108 Å². The van der Waals surface area contributed by atoms with Crippen LogP contribution in [0.2, 0.25) is 0 Å². The zero-order valence-corrected chi connectivity index (χ0v) is 18.5. The molecule has 4 N–H and O–H groups in total. The number of aromatic hydroxyl groups is 1. The van der Waals surface area contributed by atoms with Crippen molar-refractivity contribution in [3.63, 3.8) is 0 Å². The second-order valence-electron chi connectivity index (χ2n) is 8.83. The molecule has 0 amide bonds. The number of fused-ring (bicyclic) bond motifs is 4. The number of hydrogen-bond acceptors (Lipinski definition) is 2. The molecule has 0 radical (unpaired) electrons. The minimum atomic E-state index is -0.0218. The van der Waals surface area contributed by atoms with Crippen LogP contribution in [0, 0.1) is 0 Å². The average molecular weight is 443 g/mol. The molecule has 0 spiro atoms. The van der Waals surface area contributed by atoms with E-state index in [4.69, 9.17) is 4.74 Å². The summed E-state index contributed by atoms with van der Waals surface area (Å²) >= 11 is 0. The zero-order chi connectivity index (χ0) is 22.5. The van der Waals surface area contributed by atoms with E-state index in [2.05, 4.69) is 113 Å². The summed E-state index contributed by atoms with van der Waals surface area (Å²) in [5, 5.41) is 8.30. The first kappa shape index (κ1) is 19.1. The van der Waals surface area contributed by atoms with E-state index in [1.807, 2.05) is 6.07 Å². The van der Waals surface area contributed by atoms with E-state index in [0.29, 0.717) is 0 Å². The maximum atomic E-state index is 4.84. The van der Waals surface area contributed by atoms with Gasteiger partial charge in [-0.05, 0) is 46.5 Å². The topological polar surface area (TPSA) is 52.6 Å². The molecule has 164 valence electrons. The van der Waals surface area contributed by atoms with Crippen LogP contribution in [0.25, 0.3) is 39.2 Å². The molecule has 1 aromatic heterocycles. The molecule has 0 fully saturated rings. The van der Waals surface area contributed by atoms with E-state index < -0.39 is 0 Å². The molecule has 2 aliphatic heterocycles. The van der Waals surface area contributed by atoms with Crippen LogP contribution in [0.4, 0.5) is 11.4 Å². The lowest BCUT2D eigenvalue weighted by atomic mass is 9.98. The molecule has 1 unspecified atom stereocenters. The standard InChI is InChI=1S/C30H23N3O/c1-2-5-22(6-3-1)30-33-26-17-23(13-15-27(26)34-30)19-8-10-20(11-9-19)25-18-32-29-24(25)14-12-21-7-4-16-31-28(21)29/h1-15,17-18,30-33H,16H2/p+1. The predicted molar refractivity (Wildman–Crippen MR) is 141 cm³/mol. The van der Waals surface area contributed by atoms with Gasteiger partial charge in [-0.15, -0.1) is 0 Å². The van der Waals surface area contributed by atoms with Crippen LogP contribution in [0.15, 0.2) is 97.2 Å². The van der Waals surface area contributed by atoms with Gasteiger partial charge in [0.15, 0.2) is 0 Å². The maximum Gasteiger partial charge on any atom is 0.289 e. The van der Waals surface area contributed by atoms with Crippen molar-refractivity contribution >= 4 is 28.4 Å². The highest BCUT2D eigenvalue weighted by atomic mass is 16.5. The van der Waals surface area contributed by atoms with Crippen LogP contribution in [-0.4, -0.2) is 16.3 Å². The predicted octanol–water partition coefficient (Wildman–Crippen LogP) is 7.31. The molecule has 4 nitrogen and oxygen atoms in total. The highest BCUT2D eigenvalue weighted by Crippen LogP contribution is 2.42. The summed E-state index contributed by atoms with van der Waals surface area (Å²) in [6, 6.07) is 30.1. The van der Waals surface area contributed by atoms with Gasteiger partial charge in [0.2, 0.25) is 0 Å². The number of aliphatic hydroxyl groups is 1. The molecule has 7 rings (SSSR count). The molecular formula is C30H24N3O+. The van der Waals surface area contributed by atoms with E-state index in [0.717, 1.165) is 18.0 Å². The molecule has 0 aliphatic carbocycles. The SMILES string of the molecule is C1=Cc2ccc3c(-c4ccc(-c5ccc6c(c5)NC(c5ccccc5)[OH+]6)cc4)c[nH]c3c2NC1. The summed E-state index contributed by atoms with van der Waals surface area (Å²) in [6.45, 7) is 0.865. The molecule has 5 aromatic rings. The van der Waals surface area contributed by atoms with Crippen LogP contribution in [-0.2, 0) is 0 Å². The number of benzene rings is 4. The molecule has 4 heteroatoms. The van der Waals surface area contributed by atoms with Crippen LogP contribution in [0.3, 0.4) is 0 Å². The van der Waals surface area contributed by atoms with Gasteiger partial charge in [-0.3, -0.25) is 5.32 Å². The summed E-state index contributed by atoms with van der Waals surface area (Å²) in [5.41, 5.74) is 10.7. The van der Waals surface area contributed by atoms with Gasteiger partial charge < -0.3 is 15.0 Å². The number of hydrogen-bond donors (Lipinski definition) is 3. The molecular weight excluding hydrogens is 418 g/mol. The molecule has 4 aromatic carbocycles. The number of aromatic nitrogens is 1. The summed E-state index contributed by atoms with van der Waals surface area (Å²) < 4.78 is 4.84. The highest BCUT2D eigenvalue weighted by Gasteiger charge is 2.28. The fraction of sp³-hybridized carbons (Fsp3) is 0.0667. The third-order valence-corrected chi connectivity index (χ3v) is 6.78. The summed E-state index contributed by atoms with van der Waals surface area (Å²) in [7, 11) is 0. The first-order chi connectivity index (χ1) is 16.8. The Morgan fingerprint density at radius 2 is 1.62 bits per heavy atom. The molecule has 0 saturated heterocycles. The molecule has 0 bridgehead atoms. The van der Waals surface area contributed by atoms with Crippen molar-refractivity contribution in [1.29, 1.82) is 0 Å². The first-order valence-electron chi connectivity index (χ1n) is 11.7. The van der Waals surface area contributed by atoms with Crippen molar-refractivity contribution in [2.45, 2.75) is 6.23 Å². The van der Waals surface area contributed by atoms with Gasteiger partial charge in [0, 0.05) is 29.8 Å². The van der Waals surface area contributed by atoms with Crippen molar-refractivity contribution < 1.29 is 4.74 Å². The minimum absolute atomic E-state index is 0.0218. The molecule has 34 heavy (non-hydrogen) atoms. The Morgan fingerprint density at radius 1 is 0.794 bits per heavy atom. The van der Waals surface area contributed by atoms with E-state index in [1.54, 1.807) is 0 Å². The summed E-state index contributed by atoms with van der Waals surface area (Å²) in [4.78, 5) is 3.49. The normalized spacial score (nSPS) is 15.8. The second kappa shape index (κ2) is 7.56. The van der Waals surface area contributed by atoms with Crippen molar-refractivity contribution in [1.82, 2.24) is 4.98 Å². The first-order valence-corrected chi connectivity index (χ1v) is 11.7. The minimum Gasteiger partial charge on any atom is -0.561 e. The number of aromatic amines is 1. The molecule has 3 heterocycles. The molecule has 1 atom stereocenters. The largest absolute Gasteiger partial charge is 0.561 e. The van der Waals surface area contributed by atoms with Gasteiger partial charge in [-0.25, -0.2) is 0 Å². The number of ether oxygens (including phenoxy) is 1. The Hall–Kier alpha value is -4.44. The molecule has 2 aliphatic rings. The van der Waals surface area contributed by atoms with E-state index >= 15 is 0 Å². The third kappa shape index (κ3) is 3.07. The number of rotatable bonds is 3. The number of anilines is 2. The third-order valence-electron chi connectivity index (χ3n) is 6.78. The quantitative estimate of drug-likeness (QED) is 0.203. The lowest BCUT2D eigenvalue weighted by molar-refractivity contribution is 0.0208. The van der Waals surface area contributed by atoms with E-state index in [-0.39, 0.29) is 6.23 Å². The highest BCUT2D eigenvalue weighted by molar-refractivity contribution is 6.04. The number of H-pyrrole nitrogens is 1. The van der Waals surface area contributed by atoms with Gasteiger partial charge in [0.05, 0.1) is 16.8 Å². The van der Waals surface area contributed by atoms with E-state index in [1.165, 1.54) is 50.0 Å². The second-order valence-corrected chi connectivity index (χ2v) is 8.83. The number of nitrogens with one attached hydrogen (secondary N) is 3. The summed E-state index contributed by atoms with van der Waals surface area (Å²) in [6.07, 6.45) is 6.43. The van der Waals surface area contributed by atoms with Crippen molar-refractivity contribution in [2.24, 2.45) is 0 Å². The van der Waals surface area contributed by atoms with Gasteiger partial charge in [0.25, 0.3) is 12.0 Å². The zero-order valence-electron chi connectivity index (χ0n) is 18.5. The van der Waals surface area contributed by atoms with Crippen LogP contribution in [0.5, 0.6) is 5.75 Å². The van der Waals surface area contributed by atoms with Gasteiger partial charge >= 0.3 is 0 Å². The molecule has 0 saturated carbocycles. The lowest BCUT2D eigenvalue weighted by Crippen LogP contribution is -2.07. The average Bonchev–Trinajstić information content (AvgIpc) is 3.54. The van der Waals surface area contributed by atoms with Crippen LogP contribution in [0.1, 0.15) is 17.4 Å². The Kier molecular flexibility index (Phi) is 4.24. The van der Waals surface area contributed by atoms with Gasteiger partial charge in [-0.1, -0.05) is 66.7 Å². The Bertz CT molecular complexity index is 1550. The summed E-state index contributed by atoms with van der Waals surface area (Å²) in [5.74, 6) is 1.01. The monoisotopic (exact) mass is 442 g/mol. The van der Waals surface area contributed by atoms with Gasteiger partial charge in [0.1, 0.15) is 5.69 Å². The van der Waals surface area contributed by atoms with Gasteiger partial charge in [-0.2, -0.15) is 0 Å². The van der Waals surface area contributed by atoms with E-state index in [9.17, 15) is 0 Å². The fourth-order valence-corrected chi connectivity index (χ4v) is 5.03. The Labute approximate surface area is 197 Å². The van der Waals surface area contributed by atoms with Crippen molar-refractivity contribution in [3.8, 4) is 28.0 Å². The van der Waals surface area contributed by atoms with Crippen LogP contribution >= 0.6 is 0 Å². The fourth-order valence-electron chi connectivity index (χ4n) is 5.03. The van der Waals surface area contributed by atoms with Crippen LogP contribution < -0.4 is 10.6 Å². The van der Waals surface area contributed by atoms with Crippen molar-refractivity contribution in [2.75, 3.05) is 17.2 Å². The lowest BCUT2D eigenvalue weighted by Gasteiger charge is -2.14. The smallest absolute Gasteiger partial charge is 0.289 e.